The lowest BCUT2D eigenvalue weighted by Gasteiger charge is -2.13. The second-order valence-corrected chi connectivity index (χ2v) is 7.36. The molecule has 1 aliphatic carbocycles. The molecule has 1 atom stereocenters. The van der Waals surface area contributed by atoms with Gasteiger partial charge in [0.1, 0.15) is 6.04 Å². The number of rotatable bonds is 9. The summed E-state index contributed by atoms with van der Waals surface area (Å²) in [5.74, 6) is -1.04. The van der Waals surface area contributed by atoms with Gasteiger partial charge in [0, 0.05) is 11.4 Å². The quantitative estimate of drug-likeness (QED) is 0.506. The van der Waals surface area contributed by atoms with Crippen molar-refractivity contribution in [1.29, 1.82) is 0 Å². The van der Waals surface area contributed by atoms with E-state index in [1.165, 1.54) is 29.3 Å². The third-order valence-electron chi connectivity index (χ3n) is 4.11. The van der Waals surface area contributed by atoms with Crippen LogP contribution in [0.15, 0.2) is 23.1 Å². The summed E-state index contributed by atoms with van der Waals surface area (Å²) in [5, 5.41) is 5.20. The lowest BCUT2D eigenvalue weighted by atomic mass is 10.1. The first-order chi connectivity index (χ1) is 12.5. The predicted octanol–water partition coefficient (Wildman–Crippen LogP) is 1.84. The van der Waals surface area contributed by atoms with Crippen molar-refractivity contribution in [1.82, 2.24) is 10.6 Å². The van der Waals surface area contributed by atoms with Crippen LogP contribution in [0.3, 0.4) is 0 Å². The van der Waals surface area contributed by atoms with Gasteiger partial charge in [0.25, 0.3) is 5.91 Å². The van der Waals surface area contributed by atoms with Crippen LogP contribution in [0.1, 0.15) is 37.8 Å². The SMILES string of the molecule is CCCNC(=O)[C@H](C)NC(=O)COC(=O)CSc1ccc2c(c1)CCC2. The largest absolute Gasteiger partial charge is 0.455 e. The fourth-order valence-corrected chi connectivity index (χ4v) is 3.48. The molecule has 0 saturated carbocycles. The molecule has 2 rings (SSSR count). The Balaban J connectivity index is 1.66. The number of thioether (sulfide) groups is 1. The number of ether oxygens (including phenoxy) is 1. The van der Waals surface area contributed by atoms with Crippen molar-refractivity contribution in [2.24, 2.45) is 0 Å². The highest BCUT2D eigenvalue weighted by Gasteiger charge is 2.16. The van der Waals surface area contributed by atoms with Crippen molar-refractivity contribution in [3.8, 4) is 0 Å². The predicted molar refractivity (Wildman–Crippen MR) is 101 cm³/mol. The van der Waals surface area contributed by atoms with E-state index in [2.05, 4.69) is 22.8 Å². The number of carbonyl (C=O) groups excluding carboxylic acids is 3. The third kappa shape index (κ3) is 6.37. The van der Waals surface area contributed by atoms with Gasteiger partial charge in [-0.15, -0.1) is 11.8 Å². The lowest BCUT2D eigenvalue weighted by molar-refractivity contribution is -0.146. The maximum absolute atomic E-state index is 11.8. The fourth-order valence-electron chi connectivity index (χ4n) is 2.72. The normalized spacial score (nSPS) is 13.6. The highest BCUT2D eigenvalue weighted by molar-refractivity contribution is 8.00. The zero-order valence-electron chi connectivity index (χ0n) is 15.3. The van der Waals surface area contributed by atoms with E-state index in [1.54, 1.807) is 6.92 Å². The molecule has 0 bridgehead atoms. The Morgan fingerprint density at radius 1 is 1.23 bits per heavy atom. The molecule has 7 heteroatoms. The number of fused-ring (bicyclic) bond motifs is 1. The van der Waals surface area contributed by atoms with Crippen LogP contribution in [0.2, 0.25) is 0 Å². The van der Waals surface area contributed by atoms with Crippen molar-refractivity contribution in [3.05, 3.63) is 29.3 Å². The molecule has 1 aromatic carbocycles. The molecule has 1 aliphatic rings. The summed E-state index contributed by atoms with van der Waals surface area (Å²) in [4.78, 5) is 36.3. The maximum atomic E-state index is 11.8. The second kappa shape index (κ2) is 10.2. The Kier molecular flexibility index (Phi) is 7.97. The van der Waals surface area contributed by atoms with Crippen LogP contribution in [-0.2, 0) is 32.0 Å². The lowest BCUT2D eigenvalue weighted by Crippen LogP contribution is -2.46. The minimum Gasteiger partial charge on any atom is -0.455 e. The number of carbonyl (C=O) groups is 3. The summed E-state index contributed by atoms with van der Waals surface area (Å²) in [6, 6.07) is 5.61. The molecule has 2 N–H and O–H groups in total. The van der Waals surface area contributed by atoms with E-state index in [9.17, 15) is 14.4 Å². The molecule has 26 heavy (non-hydrogen) atoms. The molecule has 1 aromatic rings. The molecule has 0 radical (unpaired) electrons. The number of hydrogen-bond donors (Lipinski definition) is 2. The topological polar surface area (TPSA) is 84.5 Å². The first kappa shape index (κ1) is 20.3. The first-order valence-electron chi connectivity index (χ1n) is 8.97. The van der Waals surface area contributed by atoms with Gasteiger partial charge in [-0.2, -0.15) is 0 Å². The van der Waals surface area contributed by atoms with Crippen LogP contribution < -0.4 is 10.6 Å². The summed E-state index contributed by atoms with van der Waals surface area (Å²) < 4.78 is 4.98. The summed E-state index contributed by atoms with van der Waals surface area (Å²) in [6.45, 7) is 3.72. The van der Waals surface area contributed by atoms with E-state index in [0.717, 1.165) is 24.2 Å². The van der Waals surface area contributed by atoms with Crippen LogP contribution in [0.25, 0.3) is 0 Å². The van der Waals surface area contributed by atoms with Gasteiger partial charge in [0.2, 0.25) is 5.91 Å². The van der Waals surface area contributed by atoms with Crippen LogP contribution in [0.5, 0.6) is 0 Å². The van der Waals surface area contributed by atoms with E-state index >= 15 is 0 Å². The number of hydrogen-bond acceptors (Lipinski definition) is 5. The molecule has 0 fully saturated rings. The number of amides is 2. The smallest absolute Gasteiger partial charge is 0.316 e. The fraction of sp³-hybridized carbons (Fsp3) is 0.526. The van der Waals surface area contributed by atoms with Crippen LogP contribution in [0, 0.1) is 0 Å². The minimum absolute atomic E-state index is 0.151. The summed E-state index contributed by atoms with van der Waals surface area (Å²) in [5.41, 5.74) is 2.75. The van der Waals surface area contributed by atoms with Gasteiger partial charge < -0.3 is 15.4 Å². The second-order valence-electron chi connectivity index (χ2n) is 6.31. The molecule has 0 aliphatic heterocycles. The van der Waals surface area contributed by atoms with Crippen LogP contribution >= 0.6 is 11.8 Å². The third-order valence-corrected chi connectivity index (χ3v) is 5.08. The van der Waals surface area contributed by atoms with Gasteiger partial charge >= 0.3 is 5.97 Å². The number of benzene rings is 1. The van der Waals surface area contributed by atoms with Crippen molar-refractivity contribution >= 4 is 29.5 Å². The first-order valence-corrected chi connectivity index (χ1v) is 9.95. The molecule has 0 aromatic heterocycles. The molecule has 0 saturated heterocycles. The average molecular weight is 378 g/mol. The van der Waals surface area contributed by atoms with Crippen molar-refractivity contribution in [2.75, 3.05) is 18.9 Å². The van der Waals surface area contributed by atoms with Gasteiger partial charge in [-0.25, -0.2) is 0 Å². The molecular formula is C19H26N2O4S. The zero-order chi connectivity index (χ0) is 18.9. The van der Waals surface area contributed by atoms with E-state index in [1.807, 2.05) is 13.0 Å². The Bertz CT molecular complexity index is 663. The van der Waals surface area contributed by atoms with Crippen LogP contribution in [-0.4, -0.2) is 42.7 Å². The van der Waals surface area contributed by atoms with E-state index < -0.39 is 17.9 Å². The van der Waals surface area contributed by atoms with E-state index in [0.29, 0.717) is 6.54 Å². The van der Waals surface area contributed by atoms with E-state index in [-0.39, 0.29) is 18.3 Å². The van der Waals surface area contributed by atoms with Crippen LogP contribution in [0.4, 0.5) is 0 Å². The van der Waals surface area contributed by atoms with Crippen molar-refractivity contribution in [3.63, 3.8) is 0 Å². The Labute approximate surface area is 158 Å². The molecule has 142 valence electrons. The van der Waals surface area contributed by atoms with Crippen molar-refractivity contribution < 1.29 is 19.1 Å². The molecule has 0 unspecified atom stereocenters. The molecule has 6 nitrogen and oxygen atoms in total. The minimum atomic E-state index is -0.659. The summed E-state index contributed by atoms with van der Waals surface area (Å²) >= 11 is 1.40. The molecule has 0 spiro atoms. The number of nitrogens with one attached hydrogen (secondary N) is 2. The van der Waals surface area contributed by atoms with Gasteiger partial charge in [-0.3, -0.25) is 14.4 Å². The van der Waals surface area contributed by atoms with Gasteiger partial charge in [-0.05, 0) is 55.9 Å². The Morgan fingerprint density at radius 3 is 2.77 bits per heavy atom. The molecular weight excluding hydrogens is 352 g/mol. The monoisotopic (exact) mass is 378 g/mol. The average Bonchev–Trinajstić information content (AvgIpc) is 3.10. The van der Waals surface area contributed by atoms with Gasteiger partial charge in [0.15, 0.2) is 6.61 Å². The number of aryl methyl sites for hydroxylation is 2. The molecule has 0 heterocycles. The number of esters is 1. The Hall–Kier alpha value is -2.02. The van der Waals surface area contributed by atoms with Gasteiger partial charge in [0.05, 0.1) is 5.75 Å². The standard InChI is InChI=1S/C19H26N2O4S/c1-3-9-20-19(24)13(2)21-17(22)11-25-18(23)12-26-16-8-7-14-5-4-6-15(14)10-16/h7-8,10,13H,3-6,9,11-12H2,1-2H3,(H,20,24)(H,21,22)/t13-/m0/s1. The highest BCUT2D eigenvalue weighted by atomic mass is 32.2. The zero-order valence-corrected chi connectivity index (χ0v) is 16.1. The maximum Gasteiger partial charge on any atom is 0.316 e. The van der Waals surface area contributed by atoms with E-state index in [4.69, 9.17) is 4.74 Å². The highest BCUT2D eigenvalue weighted by Crippen LogP contribution is 2.27. The van der Waals surface area contributed by atoms with Crippen molar-refractivity contribution in [2.45, 2.75) is 50.5 Å². The summed E-state index contributed by atoms with van der Waals surface area (Å²) in [7, 11) is 0. The Morgan fingerprint density at radius 2 is 2.00 bits per heavy atom. The van der Waals surface area contributed by atoms with Gasteiger partial charge in [-0.1, -0.05) is 13.0 Å². The molecule has 2 amide bonds. The summed E-state index contributed by atoms with van der Waals surface area (Å²) in [6.07, 6.45) is 4.24.